The molecule has 0 saturated carbocycles. The molecule has 0 spiro atoms. The van der Waals surface area contributed by atoms with Crippen LogP contribution in [0, 0.1) is 0 Å². The van der Waals surface area contributed by atoms with Gasteiger partial charge >= 0.3 is 0 Å². The van der Waals surface area contributed by atoms with Gasteiger partial charge in [0, 0.05) is 31.4 Å². The van der Waals surface area contributed by atoms with E-state index in [-0.39, 0.29) is 17.4 Å². The Hall–Kier alpha value is -2.11. The number of carbonyl (C=O) groups excluding carboxylic acids is 1. The van der Waals surface area contributed by atoms with Gasteiger partial charge in [0.05, 0.1) is 5.69 Å². The first-order valence-corrected chi connectivity index (χ1v) is 7.72. The van der Waals surface area contributed by atoms with Gasteiger partial charge in [0.2, 0.25) is 5.91 Å². The summed E-state index contributed by atoms with van der Waals surface area (Å²) in [7, 11) is 1.85. The fraction of sp³-hybridized carbons (Fsp3) is 0.562. The third-order valence-electron chi connectivity index (χ3n) is 4.13. The molecule has 3 rings (SSSR count). The maximum Gasteiger partial charge on any atom is 0.244 e. The van der Waals surface area contributed by atoms with Gasteiger partial charge < -0.3 is 10.2 Å². The van der Waals surface area contributed by atoms with Crippen LogP contribution in [-0.4, -0.2) is 45.0 Å². The van der Waals surface area contributed by atoms with Crippen LogP contribution in [0.15, 0.2) is 18.5 Å². The van der Waals surface area contributed by atoms with Crippen molar-refractivity contribution >= 4 is 17.2 Å². The second-order valence-corrected chi connectivity index (χ2v) is 6.98. The van der Waals surface area contributed by atoms with Crippen LogP contribution in [0.1, 0.15) is 39.3 Å². The number of carbonyl (C=O) groups is 1. The molecule has 6 nitrogen and oxygen atoms in total. The number of aromatic nitrogens is 3. The van der Waals surface area contributed by atoms with Gasteiger partial charge in [0.25, 0.3) is 0 Å². The molecule has 0 aromatic carbocycles. The van der Waals surface area contributed by atoms with E-state index in [1.54, 1.807) is 11.1 Å². The monoisotopic (exact) mass is 301 g/mol. The SMILES string of the molecule is CN1CCCC(Nc2nccn3nc(C(C)(C)C)cc23)C1=O. The van der Waals surface area contributed by atoms with Crippen LogP contribution < -0.4 is 5.32 Å². The largest absolute Gasteiger partial charge is 0.357 e. The summed E-state index contributed by atoms with van der Waals surface area (Å²) in [5.41, 5.74) is 1.90. The predicted octanol–water partition coefficient (Wildman–Crippen LogP) is 2.06. The fourth-order valence-electron chi connectivity index (χ4n) is 2.73. The van der Waals surface area contributed by atoms with Crippen LogP contribution in [0.5, 0.6) is 0 Å². The molecule has 1 aliphatic rings. The molecule has 3 heterocycles. The third-order valence-corrected chi connectivity index (χ3v) is 4.13. The quantitative estimate of drug-likeness (QED) is 0.922. The van der Waals surface area contributed by atoms with Crippen molar-refractivity contribution in [3.63, 3.8) is 0 Å². The van der Waals surface area contributed by atoms with Crippen molar-refractivity contribution in [1.82, 2.24) is 19.5 Å². The number of nitrogens with zero attached hydrogens (tertiary/aromatic N) is 4. The Morgan fingerprint density at radius 2 is 2.14 bits per heavy atom. The predicted molar refractivity (Wildman–Crippen MR) is 86.0 cm³/mol. The van der Waals surface area contributed by atoms with Gasteiger partial charge in [0.15, 0.2) is 5.82 Å². The molecule has 1 N–H and O–H groups in total. The molecule has 6 heteroatoms. The molecular formula is C16H23N5O. The highest BCUT2D eigenvalue weighted by atomic mass is 16.2. The molecule has 0 bridgehead atoms. The number of amides is 1. The lowest BCUT2D eigenvalue weighted by molar-refractivity contribution is -0.132. The Morgan fingerprint density at radius 1 is 1.36 bits per heavy atom. The summed E-state index contributed by atoms with van der Waals surface area (Å²) < 4.78 is 1.83. The van der Waals surface area contributed by atoms with E-state index in [0.717, 1.165) is 36.4 Å². The van der Waals surface area contributed by atoms with Gasteiger partial charge in [-0.1, -0.05) is 20.8 Å². The molecule has 1 atom stereocenters. The van der Waals surface area contributed by atoms with Gasteiger partial charge in [-0.25, -0.2) is 9.50 Å². The average molecular weight is 301 g/mol. The van der Waals surface area contributed by atoms with E-state index in [1.807, 2.05) is 23.8 Å². The standard InChI is InChI=1S/C16H23N5O/c1-16(2,3)13-10-12-14(17-7-9-21(12)19-13)18-11-6-5-8-20(4)15(11)22/h7,9-11H,5-6,8H2,1-4H3,(H,17,18). The number of nitrogens with one attached hydrogen (secondary N) is 1. The van der Waals surface area contributed by atoms with Crippen molar-refractivity contribution in [2.24, 2.45) is 0 Å². The van der Waals surface area contributed by atoms with Gasteiger partial charge in [-0.3, -0.25) is 4.79 Å². The van der Waals surface area contributed by atoms with Gasteiger partial charge in [-0.2, -0.15) is 5.10 Å². The van der Waals surface area contributed by atoms with Crippen molar-refractivity contribution in [1.29, 1.82) is 0 Å². The van der Waals surface area contributed by atoms with E-state index in [0.29, 0.717) is 0 Å². The maximum atomic E-state index is 12.2. The lowest BCUT2D eigenvalue weighted by Gasteiger charge is -2.30. The van der Waals surface area contributed by atoms with Crippen molar-refractivity contribution in [3.05, 3.63) is 24.2 Å². The van der Waals surface area contributed by atoms with Crippen LogP contribution in [0.3, 0.4) is 0 Å². The van der Waals surface area contributed by atoms with Crippen molar-refractivity contribution in [2.45, 2.75) is 45.1 Å². The molecule has 2 aromatic rings. The van der Waals surface area contributed by atoms with Crippen molar-refractivity contribution < 1.29 is 4.79 Å². The van der Waals surface area contributed by atoms with E-state index < -0.39 is 0 Å². The Labute approximate surface area is 130 Å². The Kier molecular flexibility index (Phi) is 3.54. The van der Waals surface area contributed by atoms with E-state index in [4.69, 9.17) is 0 Å². The smallest absolute Gasteiger partial charge is 0.244 e. The minimum absolute atomic E-state index is 0.0236. The molecule has 2 aromatic heterocycles. The molecule has 1 fully saturated rings. The summed E-state index contributed by atoms with van der Waals surface area (Å²) in [6.45, 7) is 7.23. The minimum Gasteiger partial charge on any atom is -0.357 e. The summed E-state index contributed by atoms with van der Waals surface area (Å²) >= 11 is 0. The van der Waals surface area contributed by atoms with Crippen LogP contribution in [0.2, 0.25) is 0 Å². The topological polar surface area (TPSA) is 62.5 Å². The van der Waals surface area contributed by atoms with Crippen LogP contribution in [0.4, 0.5) is 5.82 Å². The van der Waals surface area contributed by atoms with Gasteiger partial charge in [-0.05, 0) is 18.9 Å². The molecule has 22 heavy (non-hydrogen) atoms. The normalized spacial score (nSPS) is 19.7. The van der Waals surface area contributed by atoms with E-state index >= 15 is 0 Å². The number of rotatable bonds is 2. The number of fused-ring (bicyclic) bond motifs is 1. The zero-order valence-electron chi connectivity index (χ0n) is 13.6. The number of likely N-dealkylation sites (N-methyl/N-ethyl adjacent to an activating group) is 1. The molecule has 118 valence electrons. The molecular weight excluding hydrogens is 278 g/mol. The zero-order valence-corrected chi connectivity index (χ0v) is 13.6. The average Bonchev–Trinajstić information content (AvgIpc) is 2.89. The Bertz CT molecular complexity index is 700. The molecule has 1 amide bonds. The highest BCUT2D eigenvalue weighted by Crippen LogP contribution is 2.25. The van der Waals surface area contributed by atoms with Crippen LogP contribution >= 0.6 is 0 Å². The molecule has 1 aliphatic heterocycles. The summed E-state index contributed by atoms with van der Waals surface area (Å²) in [4.78, 5) is 18.4. The number of anilines is 1. The molecule has 1 saturated heterocycles. The lowest BCUT2D eigenvalue weighted by atomic mass is 9.92. The Morgan fingerprint density at radius 3 is 2.86 bits per heavy atom. The lowest BCUT2D eigenvalue weighted by Crippen LogP contribution is -2.45. The fourth-order valence-corrected chi connectivity index (χ4v) is 2.73. The molecule has 0 radical (unpaired) electrons. The van der Waals surface area contributed by atoms with Crippen molar-refractivity contribution in [3.8, 4) is 0 Å². The van der Waals surface area contributed by atoms with E-state index in [9.17, 15) is 4.79 Å². The summed E-state index contributed by atoms with van der Waals surface area (Å²) in [5, 5.41) is 7.92. The number of piperidine rings is 1. The summed E-state index contributed by atoms with van der Waals surface area (Å²) in [6, 6.07) is 1.84. The number of hydrogen-bond acceptors (Lipinski definition) is 4. The van der Waals surface area contributed by atoms with Crippen LogP contribution in [-0.2, 0) is 10.2 Å². The zero-order chi connectivity index (χ0) is 15.9. The number of hydrogen-bond donors (Lipinski definition) is 1. The van der Waals surface area contributed by atoms with Gasteiger partial charge in [-0.15, -0.1) is 0 Å². The molecule has 1 unspecified atom stereocenters. The minimum atomic E-state index is -0.203. The highest BCUT2D eigenvalue weighted by molar-refractivity contribution is 5.86. The third kappa shape index (κ3) is 2.65. The first-order valence-electron chi connectivity index (χ1n) is 7.72. The highest BCUT2D eigenvalue weighted by Gasteiger charge is 2.27. The Balaban J connectivity index is 1.94. The van der Waals surface area contributed by atoms with Crippen molar-refractivity contribution in [2.75, 3.05) is 18.9 Å². The summed E-state index contributed by atoms with van der Waals surface area (Å²) in [5.74, 6) is 0.852. The second-order valence-electron chi connectivity index (χ2n) is 6.98. The maximum absolute atomic E-state index is 12.2. The van der Waals surface area contributed by atoms with Crippen LogP contribution in [0.25, 0.3) is 5.52 Å². The first kappa shape index (κ1) is 14.8. The number of likely N-dealkylation sites (tertiary alicyclic amines) is 1. The van der Waals surface area contributed by atoms with E-state index in [1.165, 1.54) is 0 Å². The first-order chi connectivity index (χ1) is 10.4. The summed E-state index contributed by atoms with van der Waals surface area (Å²) in [6.07, 6.45) is 5.40. The second kappa shape index (κ2) is 5.26. The molecule has 0 aliphatic carbocycles. The van der Waals surface area contributed by atoms with Gasteiger partial charge in [0.1, 0.15) is 11.6 Å². The van der Waals surface area contributed by atoms with E-state index in [2.05, 4.69) is 36.2 Å².